The fraction of sp³-hybridized carbons (Fsp3) is 0.167. The van der Waals surface area contributed by atoms with Crippen molar-refractivity contribution in [1.29, 1.82) is 0 Å². The number of hydrogen-bond acceptors (Lipinski definition) is 2. The van der Waals surface area contributed by atoms with Crippen LogP contribution in [-0.2, 0) is 0 Å². The van der Waals surface area contributed by atoms with Crippen LogP contribution < -0.4 is 5.32 Å². The summed E-state index contributed by atoms with van der Waals surface area (Å²) in [7, 11) is 0. The number of hydrogen-bond donors (Lipinski definition) is 2. The van der Waals surface area contributed by atoms with E-state index >= 15 is 0 Å². The summed E-state index contributed by atoms with van der Waals surface area (Å²) in [5.41, 5.74) is 1.67. The predicted octanol–water partition coefficient (Wildman–Crippen LogP) is 3.18. The highest BCUT2D eigenvalue weighted by Crippen LogP contribution is 2.19. The van der Waals surface area contributed by atoms with Gasteiger partial charge in [-0.05, 0) is 32.0 Å². The van der Waals surface area contributed by atoms with Gasteiger partial charge >= 0.3 is 0 Å². The zero-order chi connectivity index (χ0) is 13.3. The number of carbonyl (C=O) groups excluding carboxylic acids is 1. The Kier molecular flexibility index (Phi) is 3.47. The molecule has 0 aliphatic heterocycles. The topological polar surface area (TPSA) is 57.8 Å². The van der Waals surface area contributed by atoms with Gasteiger partial charge < -0.3 is 5.32 Å². The van der Waals surface area contributed by atoms with Gasteiger partial charge in [-0.15, -0.1) is 0 Å². The molecule has 0 atom stereocenters. The number of aromatic amines is 1. The molecule has 4 nitrogen and oxygen atoms in total. The van der Waals surface area contributed by atoms with Crippen LogP contribution in [0.1, 0.15) is 21.6 Å². The molecule has 2 N–H and O–H groups in total. The van der Waals surface area contributed by atoms with Crippen LogP contribution in [0.4, 0.5) is 10.2 Å². The first-order valence-corrected chi connectivity index (χ1v) is 6.06. The normalized spacial score (nSPS) is 10.4. The van der Waals surface area contributed by atoms with Gasteiger partial charge in [0.25, 0.3) is 5.91 Å². The number of anilines is 1. The third kappa shape index (κ3) is 2.43. The van der Waals surface area contributed by atoms with Gasteiger partial charge in [0, 0.05) is 15.7 Å². The summed E-state index contributed by atoms with van der Waals surface area (Å²) in [6, 6.07) is 4.21. The minimum Gasteiger partial charge on any atom is -0.305 e. The first kappa shape index (κ1) is 12.8. The van der Waals surface area contributed by atoms with Crippen molar-refractivity contribution in [3.63, 3.8) is 0 Å². The van der Waals surface area contributed by atoms with E-state index in [9.17, 15) is 9.18 Å². The van der Waals surface area contributed by atoms with Crippen molar-refractivity contribution in [2.75, 3.05) is 5.32 Å². The lowest BCUT2D eigenvalue weighted by Gasteiger charge is -2.05. The summed E-state index contributed by atoms with van der Waals surface area (Å²) >= 11 is 3.20. The Hall–Kier alpha value is -1.69. The monoisotopic (exact) mass is 311 g/mol. The molecule has 0 fully saturated rings. The smallest absolute Gasteiger partial charge is 0.259 e. The molecule has 0 aliphatic rings. The molecule has 0 unspecified atom stereocenters. The van der Waals surface area contributed by atoms with Gasteiger partial charge in [-0.25, -0.2) is 4.39 Å². The maximum absolute atomic E-state index is 13.5. The van der Waals surface area contributed by atoms with E-state index in [1.165, 1.54) is 18.2 Å². The first-order chi connectivity index (χ1) is 8.49. The molecular weight excluding hydrogens is 301 g/mol. The number of nitrogens with zero attached hydrogens (tertiary/aromatic N) is 1. The van der Waals surface area contributed by atoms with E-state index in [1.807, 2.05) is 13.8 Å². The fourth-order valence-corrected chi connectivity index (χ4v) is 1.81. The second kappa shape index (κ2) is 4.89. The Balaban J connectivity index is 2.27. The van der Waals surface area contributed by atoms with Crippen LogP contribution in [0.3, 0.4) is 0 Å². The average Bonchev–Trinajstić information content (AvgIpc) is 2.64. The molecule has 18 heavy (non-hydrogen) atoms. The highest BCUT2D eigenvalue weighted by Gasteiger charge is 2.15. The number of amides is 1. The van der Waals surface area contributed by atoms with E-state index in [4.69, 9.17) is 0 Å². The second-order valence-corrected chi connectivity index (χ2v) is 4.82. The van der Waals surface area contributed by atoms with Crippen LogP contribution in [0.25, 0.3) is 0 Å². The summed E-state index contributed by atoms with van der Waals surface area (Å²) in [6.07, 6.45) is 0. The Morgan fingerprint density at radius 2 is 2.17 bits per heavy atom. The number of benzene rings is 1. The molecule has 0 aliphatic carbocycles. The molecule has 1 aromatic carbocycles. The van der Waals surface area contributed by atoms with Crippen molar-refractivity contribution in [3.8, 4) is 0 Å². The SMILES string of the molecule is Cc1[nH]nc(NC(=O)c2cc(Br)ccc2F)c1C. The highest BCUT2D eigenvalue weighted by molar-refractivity contribution is 9.10. The summed E-state index contributed by atoms with van der Waals surface area (Å²) in [6.45, 7) is 3.67. The third-order valence-electron chi connectivity index (χ3n) is 2.66. The molecule has 1 amide bonds. The Morgan fingerprint density at radius 1 is 1.44 bits per heavy atom. The van der Waals surface area contributed by atoms with E-state index in [2.05, 4.69) is 31.4 Å². The molecule has 1 heterocycles. The lowest BCUT2D eigenvalue weighted by molar-refractivity contribution is 0.102. The first-order valence-electron chi connectivity index (χ1n) is 5.27. The number of aryl methyl sites for hydroxylation is 1. The Morgan fingerprint density at radius 3 is 2.78 bits per heavy atom. The van der Waals surface area contributed by atoms with Crippen molar-refractivity contribution in [2.24, 2.45) is 0 Å². The molecule has 2 rings (SSSR count). The van der Waals surface area contributed by atoms with Gasteiger partial charge in [0.15, 0.2) is 5.82 Å². The minimum absolute atomic E-state index is 0.0237. The number of carbonyl (C=O) groups is 1. The van der Waals surface area contributed by atoms with E-state index in [0.717, 1.165) is 11.3 Å². The molecule has 0 saturated heterocycles. The second-order valence-electron chi connectivity index (χ2n) is 3.90. The Bertz CT molecular complexity index is 609. The van der Waals surface area contributed by atoms with Crippen LogP contribution in [0.5, 0.6) is 0 Å². The van der Waals surface area contributed by atoms with E-state index in [-0.39, 0.29) is 5.56 Å². The third-order valence-corrected chi connectivity index (χ3v) is 3.15. The van der Waals surface area contributed by atoms with Gasteiger partial charge in [0.2, 0.25) is 0 Å². The van der Waals surface area contributed by atoms with Crippen molar-refractivity contribution in [1.82, 2.24) is 10.2 Å². The number of H-pyrrole nitrogens is 1. The van der Waals surface area contributed by atoms with Crippen LogP contribution >= 0.6 is 15.9 Å². The van der Waals surface area contributed by atoms with Gasteiger partial charge in [-0.3, -0.25) is 9.89 Å². The van der Waals surface area contributed by atoms with Crippen LogP contribution in [0.15, 0.2) is 22.7 Å². The summed E-state index contributed by atoms with van der Waals surface area (Å²) in [5, 5.41) is 9.27. The summed E-state index contributed by atoms with van der Waals surface area (Å²) in [5.74, 6) is -0.680. The zero-order valence-electron chi connectivity index (χ0n) is 9.84. The van der Waals surface area contributed by atoms with Gasteiger partial charge in [-0.1, -0.05) is 15.9 Å². The molecule has 0 bridgehead atoms. The number of rotatable bonds is 2. The molecule has 0 saturated carbocycles. The maximum Gasteiger partial charge on any atom is 0.259 e. The van der Waals surface area contributed by atoms with E-state index in [0.29, 0.717) is 10.3 Å². The van der Waals surface area contributed by atoms with Crippen molar-refractivity contribution in [3.05, 3.63) is 45.3 Å². The van der Waals surface area contributed by atoms with E-state index in [1.54, 1.807) is 0 Å². The Labute approximate surface area is 112 Å². The maximum atomic E-state index is 13.5. The quantitative estimate of drug-likeness (QED) is 0.895. The van der Waals surface area contributed by atoms with E-state index < -0.39 is 11.7 Å². The number of halogens is 2. The molecule has 0 spiro atoms. The summed E-state index contributed by atoms with van der Waals surface area (Å²) < 4.78 is 14.2. The minimum atomic E-state index is -0.569. The van der Waals surface area contributed by atoms with Crippen LogP contribution in [0, 0.1) is 19.7 Å². The average molecular weight is 312 g/mol. The largest absolute Gasteiger partial charge is 0.305 e. The van der Waals surface area contributed by atoms with Crippen molar-refractivity contribution in [2.45, 2.75) is 13.8 Å². The number of nitrogens with one attached hydrogen (secondary N) is 2. The molecule has 1 aromatic heterocycles. The lowest BCUT2D eigenvalue weighted by atomic mass is 10.2. The molecule has 2 aromatic rings. The molecule has 6 heteroatoms. The van der Waals surface area contributed by atoms with Crippen molar-refractivity contribution < 1.29 is 9.18 Å². The molecule has 94 valence electrons. The molecule has 0 radical (unpaired) electrons. The van der Waals surface area contributed by atoms with Gasteiger partial charge in [0.05, 0.1) is 5.56 Å². The molecular formula is C12H11BrFN3O. The predicted molar refractivity (Wildman–Crippen MR) is 70.1 cm³/mol. The van der Waals surface area contributed by atoms with Gasteiger partial charge in [-0.2, -0.15) is 5.10 Å². The lowest BCUT2D eigenvalue weighted by Crippen LogP contribution is -2.14. The zero-order valence-corrected chi connectivity index (χ0v) is 11.4. The van der Waals surface area contributed by atoms with Gasteiger partial charge in [0.1, 0.15) is 5.82 Å². The van der Waals surface area contributed by atoms with Crippen LogP contribution in [0.2, 0.25) is 0 Å². The highest BCUT2D eigenvalue weighted by atomic mass is 79.9. The summed E-state index contributed by atoms with van der Waals surface area (Å²) in [4.78, 5) is 11.9. The standard InChI is InChI=1S/C12H11BrFN3O/c1-6-7(2)16-17-11(6)15-12(18)9-5-8(13)3-4-10(9)14/h3-5H,1-2H3,(H2,15,16,17,18). The fourth-order valence-electron chi connectivity index (χ4n) is 1.45. The van der Waals surface area contributed by atoms with Crippen LogP contribution in [-0.4, -0.2) is 16.1 Å². The number of aromatic nitrogens is 2. The van der Waals surface area contributed by atoms with Crippen molar-refractivity contribution >= 4 is 27.7 Å².